The van der Waals surface area contributed by atoms with Crippen LogP contribution in [0.1, 0.15) is 30.2 Å². The summed E-state index contributed by atoms with van der Waals surface area (Å²) < 4.78 is 10.7. The topological polar surface area (TPSA) is 50.7 Å². The Kier molecular flexibility index (Phi) is 5.81. The summed E-state index contributed by atoms with van der Waals surface area (Å²) in [6.07, 6.45) is -0.541. The molecule has 118 valence electrons. The molecule has 4 nitrogen and oxygen atoms in total. The van der Waals surface area contributed by atoms with Crippen molar-refractivity contribution in [2.45, 2.75) is 19.1 Å². The van der Waals surface area contributed by atoms with Gasteiger partial charge in [-0.2, -0.15) is 0 Å². The third kappa shape index (κ3) is 4.00. The molecule has 4 heteroatoms. The Morgan fingerprint density at radius 3 is 2.41 bits per heavy atom. The van der Waals surface area contributed by atoms with Crippen molar-refractivity contribution in [1.29, 1.82) is 0 Å². The lowest BCUT2D eigenvalue weighted by Crippen LogP contribution is -2.25. The number of hydrogen-bond donors (Lipinski definition) is 2. The van der Waals surface area contributed by atoms with Gasteiger partial charge in [0.2, 0.25) is 0 Å². The van der Waals surface area contributed by atoms with E-state index in [9.17, 15) is 5.11 Å². The van der Waals surface area contributed by atoms with Crippen LogP contribution in [0.4, 0.5) is 0 Å². The molecule has 22 heavy (non-hydrogen) atoms. The highest BCUT2D eigenvalue weighted by atomic mass is 16.5. The molecule has 2 N–H and O–H groups in total. The number of methoxy groups -OCH3 is 2. The Balaban J connectivity index is 2.04. The van der Waals surface area contributed by atoms with Gasteiger partial charge in [-0.15, -0.1) is 0 Å². The summed E-state index contributed by atoms with van der Waals surface area (Å²) in [6, 6.07) is 15.4. The van der Waals surface area contributed by atoms with Crippen molar-refractivity contribution >= 4 is 0 Å². The van der Waals surface area contributed by atoms with Gasteiger partial charge in [-0.3, -0.25) is 0 Å². The SMILES string of the molecule is COc1ccc(OC)c([C@@H](C)NC[C@@H](O)c2ccccc2)c1. The molecule has 0 amide bonds. The van der Waals surface area contributed by atoms with Gasteiger partial charge in [0.05, 0.1) is 20.3 Å². The standard InChI is InChI=1S/C18H23NO3/c1-13(16-11-15(21-2)9-10-18(16)22-3)19-12-17(20)14-7-5-4-6-8-14/h4-11,13,17,19-20H,12H2,1-3H3/t13-,17-/m1/s1. The number of ether oxygens (including phenoxy) is 2. The molecule has 0 spiro atoms. The number of nitrogens with one attached hydrogen (secondary N) is 1. The van der Waals surface area contributed by atoms with Gasteiger partial charge in [0, 0.05) is 18.2 Å². The van der Waals surface area contributed by atoms with Gasteiger partial charge in [-0.25, -0.2) is 0 Å². The summed E-state index contributed by atoms with van der Waals surface area (Å²) in [5.74, 6) is 1.59. The molecule has 0 unspecified atom stereocenters. The van der Waals surface area contributed by atoms with Crippen LogP contribution in [0.5, 0.6) is 11.5 Å². The van der Waals surface area contributed by atoms with Crippen LogP contribution >= 0.6 is 0 Å². The fraction of sp³-hybridized carbons (Fsp3) is 0.333. The predicted octanol–water partition coefficient (Wildman–Crippen LogP) is 3.09. The number of rotatable bonds is 7. The molecule has 0 radical (unpaired) electrons. The largest absolute Gasteiger partial charge is 0.497 e. The molecule has 2 aromatic rings. The van der Waals surface area contributed by atoms with Crippen molar-refractivity contribution in [3.63, 3.8) is 0 Å². The summed E-state index contributed by atoms with van der Waals surface area (Å²) in [4.78, 5) is 0. The molecule has 0 aromatic heterocycles. The quantitative estimate of drug-likeness (QED) is 0.825. The van der Waals surface area contributed by atoms with Gasteiger partial charge in [-0.05, 0) is 30.7 Å². The molecular weight excluding hydrogens is 278 g/mol. The predicted molar refractivity (Wildman–Crippen MR) is 87.4 cm³/mol. The molecule has 0 aliphatic carbocycles. The van der Waals surface area contributed by atoms with Crippen LogP contribution < -0.4 is 14.8 Å². The van der Waals surface area contributed by atoms with Crippen molar-refractivity contribution in [3.8, 4) is 11.5 Å². The van der Waals surface area contributed by atoms with Crippen LogP contribution in [-0.2, 0) is 0 Å². The zero-order chi connectivity index (χ0) is 15.9. The average Bonchev–Trinajstić information content (AvgIpc) is 2.59. The minimum Gasteiger partial charge on any atom is -0.497 e. The third-order valence-corrected chi connectivity index (χ3v) is 3.71. The summed E-state index contributed by atoms with van der Waals surface area (Å²) >= 11 is 0. The Bertz CT molecular complexity index is 586. The van der Waals surface area contributed by atoms with Crippen LogP contribution in [0.3, 0.4) is 0 Å². The summed E-state index contributed by atoms with van der Waals surface area (Å²) in [7, 11) is 3.29. The van der Waals surface area contributed by atoms with E-state index < -0.39 is 6.10 Å². The van der Waals surface area contributed by atoms with E-state index in [1.807, 2.05) is 55.5 Å². The van der Waals surface area contributed by atoms with E-state index >= 15 is 0 Å². The minimum absolute atomic E-state index is 0.0309. The van der Waals surface area contributed by atoms with Gasteiger partial charge in [0.15, 0.2) is 0 Å². The number of aliphatic hydroxyl groups is 1. The maximum Gasteiger partial charge on any atom is 0.123 e. The van der Waals surface area contributed by atoms with E-state index in [2.05, 4.69) is 5.32 Å². The van der Waals surface area contributed by atoms with Crippen LogP contribution in [0, 0.1) is 0 Å². The van der Waals surface area contributed by atoms with Crippen molar-refractivity contribution in [3.05, 3.63) is 59.7 Å². The zero-order valence-corrected chi connectivity index (χ0v) is 13.2. The second kappa shape index (κ2) is 7.82. The van der Waals surface area contributed by atoms with Crippen LogP contribution in [0.15, 0.2) is 48.5 Å². The van der Waals surface area contributed by atoms with Crippen molar-refractivity contribution in [2.75, 3.05) is 20.8 Å². The maximum absolute atomic E-state index is 10.2. The van der Waals surface area contributed by atoms with Crippen LogP contribution in [-0.4, -0.2) is 25.9 Å². The van der Waals surface area contributed by atoms with E-state index in [0.717, 1.165) is 22.6 Å². The second-order valence-corrected chi connectivity index (χ2v) is 5.16. The summed E-state index contributed by atoms with van der Waals surface area (Å²) in [5, 5.41) is 13.6. The van der Waals surface area contributed by atoms with Gasteiger partial charge >= 0.3 is 0 Å². The highest BCUT2D eigenvalue weighted by Crippen LogP contribution is 2.29. The second-order valence-electron chi connectivity index (χ2n) is 5.16. The Morgan fingerprint density at radius 1 is 1.05 bits per heavy atom. The maximum atomic E-state index is 10.2. The first-order valence-electron chi connectivity index (χ1n) is 7.34. The summed E-state index contributed by atoms with van der Waals surface area (Å²) in [6.45, 7) is 2.50. The van der Waals surface area contributed by atoms with Crippen molar-refractivity contribution in [2.24, 2.45) is 0 Å². The number of benzene rings is 2. The average molecular weight is 301 g/mol. The lowest BCUT2D eigenvalue weighted by atomic mass is 10.1. The highest BCUT2D eigenvalue weighted by molar-refractivity contribution is 5.42. The molecule has 0 fully saturated rings. The van der Waals surface area contributed by atoms with Gasteiger partial charge in [-0.1, -0.05) is 30.3 Å². The number of aliphatic hydroxyl groups excluding tert-OH is 1. The molecule has 0 saturated heterocycles. The first-order valence-corrected chi connectivity index (χ1v) is 7.34. The zero-order valence-electron chi connectivity index (χ0n) is 13.2. The highest BCUT2D eigenvalue weighted by Gasteiger charge is 2.14. The van der Waals surface area contributed by atoms with Crippen molar-refractivity contribution in [1.82, 2.24) is 5.32 Å². The number of hydrogen-bond acceptors (Lipinski definition) is 4. The molecule has 0 bridgehead atoms. The Hall–Kier alpha value is -2.04. The van der Waals surface area contributed by atoms with E-state index in [-0.39, 0.29) is 6.04 Å². The molecule has 0 aliphatic heterocycles. The molecule has 2 aromatic carbocycles. The third-order valence-electron chi connectivity index (χ3n) is 3.71. The lowest BCUT2D eigenvalue weighted by Gasteiger charge is -2.20. The molecular formula is C18H23NO3. The Morgan fingerprint density at radius 2 is 1.77 bits per heavy atom. The van der Waals surface area contributed by atoms with E-state index in [1.54, 1.807) is 14.2 Å². The minimum atomic E-state index is -0.541. The lowest BCUT2D eigenvalue weighted by molar-refractivity contribution is 0.170. The monoisotopic (exact) mass is 301 g/mol. The fourth-order valence-corrected chi connectivity index (χ4v) is 2.37. The first-order chi connectivity index (χ1) is 10.7. The van der Waals surface area contributed by atoms with Crippen LogP contribution in [0.25, 0.3) is 0 Å². The molecule has 0 saturated carbocycles. The van der Waals surface area contributed by atoms with Gasteiger partial charge in [0.1, 0.15) is 11.5 Å². The first kappa shape index (κ1) is 16.3. The van der Waals surface area contributed by atoms with E-state index in [0.29, 0.717) is 6.54 Å². The smallest absolute Gasteiger partial charge is 0.123 e. The molecule has 0 heterocycles. The summed E-state index contributed by atoms with van der Waals surface area (Å²) in [5.41, 5.74) is 1.90. The van der Waals surface area contributed by atoms with Crippen molar-refractivity contribution < 1.29 is 14.6 Å². The fourth-order valence-electron chi connectivity index (χ4n) is 2.37. The molecule has 2 rings (SSSR count). The Labute approximate surface area is 131 Å². The molecule has 2 atom stereocenters. The van der Waals surface area contributed by atoms with Crippen LogP contribution in [0.2, 0.25) is 0 Å². The van der Waals surface area contributed by atoms with Gasteiger partial charge in [0.25, 0.3) is 0 Å². The van der Waals surface area contributed by atoms with Gasteiger partial charge < -0.3 is 19.9 Å². The molecule has 0 aliphatic rings. The van der Waals surface area contributed by atoms with E-state index in [1.165, 1.54) is 0 Å². The normalized spacial score (nSPS) is 13.5. The van der Waals surface area contributed by atoms with E-state index in [4.69, 9.17) is 9.47 Å².